The van der Waals surface area contributed by atoms with Gasteiger partial charge < -0.3 is 10.1 Å². The molecule has 1 aliphatic rings. The minimum atomic E-state index is -0.584. The highest BCUT2D eigenvalue weighted by molar-refractivity contribution is 5.76. The highest BCUT2D eigenvalue weighted by atomic mass is 19.1. The van der Waals surface area contributed by atoms with Crippen LogP contribution in [0.4, 0.5) is 8.78 Å². The van der Waals surface area contributed by atoms with Crippen LogP contribution in [0.1, 0.15) is 25.3 Å². The maximum absolute atomic E-state index is 13.9. The predicted molar refractivity (Wildman–Crippen MR) is 71.3 cm³/mol. The zero-order valence-electron chi connectivity index (χ0n) is 11.7. The van der Waals surface area contributed by atoms with Crippen molar-refractivity contribution in [3.63, 3.8) is 0 Å². The van der Waals surface area contributed by atoms with E-state index in [1.54, 1.807) is 0 Å². The number of nitrogens with one attached hydrogen (secondary N) is 1. The molecular weight excluding hydrogens is 264 g/mol. The van der Waals surface area contributed by atoms with Crippen molar-refractivity contribution in [3.05, 3.63) is 35.4 Å². The second kappa shape index (κ2) is 5.87. The van der Waals surface area contributed by atoms with Crippen molar-refractivity contribution in [2.24, 2.45) is 5.92 Å². The van der Waals surface area contributed by atoms with Gasteiger partial charge in [0.1, 0.15) is 11.6 Å². The number of amides is 1. The molecule has 20 heavy (non-hydrogen) atoms. The molecule has 1 aromatic carbocycles. The number of rotatable bonds is 6. The zero-order chi connectivity index (χ0) is 14.8. The van der Waals surface area contributed by atoms with Crippen LogP contribution in [-0.4, -0.2) is 26.2 Å². The summed E-state index contributed by atoms with van der Waals surface area (Å²) in [4.78, 5) is 11.6. The second-order valence-corrected chi connectivity index (χ2v) is 5.41. The van der Waals surface area contributed by atoms with Crippen LogP contribution in [-0.2, 0) is 14.9 Å². The van der Waals surface area contributed by atoms with E-state index in [2.05, 4.69) is 5.32 Å². The quantitative estimate of drug-likeness (QED) is 0.870. The van der Waals surface area contributed by atoms with E-state index in [1.165, 1.54) is 19.2 Å². The molecule has 0 spiro atoms. The first-order valence-electron chi connectivity index (χ1n) is 6.71. The first kappa shape index (κ1) is 14.9. The maximum Gasteiger partial charge on any atom is 0.222 e. The Morgan fingerprint density at radius 2 is 2.20 bits per heavy atom. The summed E-state index contributed by atoms with van der Waals surface area (Å²) in [5.74, 6) is -0.975. The number of hydrogen-bond acceptors (Lipinski definition) is 2. The molecule has 0 saturated heterocycles. The van der Waals surface area contributed by atoms with Crippen LogP contribution >= 0.6 is 0 Å². The molecule has 0 aromatic heterocycles. The lowest BCUT2D eigenvalue weighted by Crippen LogP contribution is -2.34. The molecule has 1 aliphatic carbocycles. The molecule has 0 heterocycles. The predicted octanol–water partition coefficient (Wildman–Crippen LogP) is 2.40. The van der Waals surface area contributed by atoms with Crippen molar-refractivity contribution in [3.8, 4) is 0 Å². The molecule has 1 fully saturated rings. The van der Waals surface area contributed by atoms with Gasteiger partial charge >= 0.3 is 0 Å². The molecule has 2 unspecified atom stereocenters. The second-order valence-electron chi connectivity index (χ2n) is 5.41. The molecule has 1 amide bonds. The molecule has 0 radical (unpaired) electrons. The molecule has 2 rings (SSSR count). The Morgan fingerprint density at radius 1 is 1.50 bits per heavy atom. The van der Waals surface area contributed by atoms with E-state index in [0.717, 1.165) is 12.5 Å². The molecule has 1 saturated carbocycles. The Labute approximate surface area is 117 Å². The van der Waals surface area contributed by atoms with Gasteiger partial charge in [-0.3, -0.25) is 4.79 Å². The number of benzene rings is 1. The summed E-state index contributed by atoms with van der Waals surface area (Å²) < 4.78 is 31.7. The smallest absolute Gasteiger partial charge is 0.222 e. The van der Waals surface area contributed by atoms with Crippen LogP contribution in [0.15, 0.2) is 18.2 Å². The van der Waals surface area contributed by atoms with Crippen molar-refractivity contribution in [1.82, 2.24) is 5.32 Å². The fourth-order valence-corrected chi connectivity index (χ4v) is 2.64. The van der Waals surface area contributed by atoms with Crippen molar-refractivity contribution in [2.45, 2.75) is 25.2 Å². The van der Waals surface area contributed by atoms with Gasteiger partial charge in [0.15, 0.2) is 0 Å². The fraction of sp³-hybridized carbons (Fsp3) is 0.533. The van der Waals surface area contributed by atoms with E-state index in [-0.39, 0.29) is 18.2 Å². The van der Waals surface area contributed by atoms with Crippen LogP contribution < -0.4 is 5.32 Å². The lowest BCUT2D eigenvalue weighted by atomic mass is 9.92. The number of methoxy groups -OCH3 is 1. The van der Waals surface area contributed by atoms with Crippen LogP contribution in [0, 0.1) is 17.6 Å². The number of carbonyl (C=O) groups is 1. The molecule has 0 bridgehead atoms. The standard InChI is InChI=1S/C15H19F2NO2/c1-10-8-15(10,9-18-14(19)5-6-20-2)12-4-3-11(16)7-13(12)17/h3-4,7,10H,5-6,8-9H2,1-2H3,(H,18,19). The van der Waals surface area contributed by atoms with Gasteiger partial charge in [0.25, 0.3) is 0 Å². The van der Waals surface area contributed by atoms with Crippen LogP contribution in [0.2, 0.25) is 0 Å². The average molecular weight is 283 g/mol. The van der Waals surface area contributed by atoms with Gasteiger partial charge in [0, 0.05) is 31.6 Å². The topological polar surface area (TPSA) is 38.3 Å². The molecule has 1 aromatic rings. The van der Waals surface area contributed by atoms with Gasteiger partial charge in [-0.15, -0.1) is 0 Å². The maximum atomic E-state index is 13.9. The van der Waals surface area contributed by atoms with Gasteiger partial charge in [0.2, 0.25) is 5.91 Å². The summed E-state index contributed by atoms with van der Waals surface area (Å²) in [7, 11) is 1.53. The zero-order valence-corrected chi connectivity index (χ0v) is 11.7. The first-order valence-corrected chi connectivity index (χ1v) is 6.71. The summed E-state index contributed by atoms with van der Waals surface area (Å²) in [5.41, 5.74) is 0.0824. The van der Waals surface area contributed by atoms with Gasteiger partial charge in [-0.25, -0.2) is 8.78 Å². The third-order valence-corrected chi connectivity index (χ3v) is 4.06. The molecule has 2 atom stereocenters. The average Bonchev–Trinajstić information content (AvgIpc) is 3.05. The van der Waals surface area contributed by atoms with Crippen LogP contribution in [0.5, 0.6) is 0 Å². The molecule has 0 aliphatic heterocycles. The van der Waals surface area contributed by atoms with Gasteiger partial charge in [-0.05, 0) is 24.0 Å². The van der Waals surface area contributed by atoms with Gasteiger partial charge in [0.05, 0.1) is 6.61 Å². The SMILES string of the molecule is COCCC(=O)NCC1(c2ccc(F)cc2F)CC1C. The highest BCUT2D eigenvalue weighted by Crippen LogP contribution is 2.54. The number of hydrogen-bond donors (Lipinski definition) is 1. The Bertz CT molecular complexity index is 507. The summed E-state index contributed by atoms with van der Waals surface area (Å²) >= 11 is 0. The first-order chi connectivity index (χ1) is 9.49. The normalized spacial score (nSPS) is 24.5. The molecule has 5 heteroatoms. The monoisotopic (exact) mass is 283 g/mol. The van der Waals surface area contributed by atoms with Crippen molar-refractivity contribution in [2.75, 3.05) is 20.3 Å². The summed E-state index contributed by atoms with van der Waals surface area (Å²) in [6.45, 7) is 2.74. The Balaban J connectivity index is 2.05. The number of carbonyl (C=O) groups excluding carboxylic acids is 1. The largest absolute Gasteiger partial charge is 0.384 e. The van der Waals surface area contributed by atoms with Crippen LogP contribution in [0.3, 0.4) is 0 Å². The summed E-state index contributed by atoms with van der Waals surface area (Å²) in [6.07, 6.45) is 1.08. The molecular formula is C15H19F2NO2. The van der Waals surface area contributed by atoms with Gasteiger partial charge in [-0.1, -0.05) is 13.0 Å². The van der Waals surface area contributed by atoms with Crippen molar-refractivity contribution >= 4 is 5.91 Å². The van der Waals surface area contributed by atoms with E-state index >= 15 is 0 Å². The minimum absolute atomic E-state index is 0.118. The lowest BCUT2D eigenvalue weighted by molar-refractivity contribution is -0.122. The van der Waals surface area contributed by atoms with E-state index in [9.17, 15) is 13.6 Å². The van der Waals surface area contributed by atoms with E-state index in [1.807, 2.05) is 6.92 Å². The Morgan fingerprint density at radius 3 is 2.75 bits per heavy atom. The Hall–Kier alpha value is -1.49. The molecule has 3 nitrogen and oxygen atoms in total. The summed E-state index contributed by atoms with van der Waals surface area (Å²) in [5, 5.41) is 2.81. The third kappa shape index (κ3) is 2.98. The molecule has 1 N–H and O–H groups in total. The minimum Gasteiger partial charge on any atom is -0.384 e. The van der Waals surface area contributed by atoms with E-state index in [4.69, 9.17) is 4.74 Å². The fourth-order valence-electron chi connectivity index (χ4n) is 2.64. The van der Waals surface area contributed by atoms with Gasteiger partial charge in [-0.2, -0.15) is 0 Å². The number of ether oxygens (including phenoxy) is 1. The third-order valence-electron chi connectivity index (χ3n) is 4.06. The van der Waals surface area contributed by atoms with E-state index in [0.29, 0.717) is 18.7 Å². The van der Waals surface area contributed by atoms with Crippen molar-refractivity contribution in [1.29, 1.82) is 0 Å². The lowest BCUT2D eigenvalue weighted by Gasteiger charge is -2.19. The Kier molecular flexibility index (Phi) is 4.38. The summed E-state index contributed by atoms with van der Waals surface area (Å²) in [6, 6.07) is 3.64. The number of halogens is 2. The van der Waals surface area contributed by atoms with Crippen LogP contribution in [0.25, 0.3) is 0 Å². The van der Waals surface area contributed by atoms with E-state index < -0.39 is 17.0 Å². The highest BCUT2D eigenvalue weighted by Gasteiger charge is 2.53. The molecule has 110 valence electrons. The van der Waals surface area contributed by atoms with Crippen molar-refractivity contribution < 1.29 is 18.3 Å².